The van der Waals surface area contributed by atoms with Crippen LogP contribution in [0.25, 0.3) is 0 Å². The van der Waals surface area contributed by atoms with Crippen LogP contribution in [0, 0.1) is 5.92 Å². The van der Waals surface area contributed by atoms with Crippen LogP contribution in [0.3, 0.4) is 0 Å². The Morgan fingerprint density at radius 3 is 2.30 bits per heavy atom. The van der Waals surface area contributed by atoms with Gasteiger partial charge in [0.2, 0.25) is 10.0 Å². The number of hydrogen-bond donors (Lipinski definition) is 0. The van der Waals surface area contributed by atoms with Crippen molar-refractivity contribution in [2.75, 3.05) is 26.7 Å². The van der Waals surface area contributed by atoms with Gasteiger partial charge < -0.3 is 0 Å². The second-order valence-corrected chi connectivity index (χ2v) is 10.1. The van der Waals surface area contributed by atoms with E-state index in [1.807, 2.05) is 0 Å². The molecule has 1 saturated heterocycles. The Morgan fingerprint density at radius 2 is 1.74 bits per heavy atom. The number of likely N-dealkylation sites (tertiary alicyclic amines) is 1. The highest BCUT2D eigenvalue weighted by atomic mass is 79.9. The fourth-order valence-electron chi connectivity index (χ4n) is 3.26. The Hall–Kier alpha value is -0.430. The summed E-state index contributed by atoms with van der Waals surface area (Å²) in [5.74, 6) is 0.495. The molecule has 1 heterocycles. The van der Waals surface area contributed by atoms with Crippen molar-refractivity contribution >= 4 is 26.0 Å². The highest BCUT2D eigenvalue weighted by Crippen LogP contribution is 2.31. The number of piperidine rings is 1. The van der Waals surface area contributed by atoms with Gasteiger partial charge in [-0.1, -0.05) is 28.1 Å². The third kappa shape index (κ3) is 4.56. The molecule has 2 fully saturated rings. The molecule has 0 unspecified atom stereocenters. The van der Waals surface area contributed by atoms with Crippen LogP contribution in [-0.2, 0) is 16.6 Å². The SMILES string of the molecule is CN(CC1CCN(Cc2ccc(Br)cc2)CC1)S(=O)(=O)C1CC1. The maximum Gasteiger partial charge on any atom is 0.216 e. The van der Waals surface area contributed by atoms with Gasteiger partial charge in [0.05, 0.1) is 5.25 Å². The highest BCUT2D eigenvalue weighted by Gasteiger charge is 2.39. The van der Waals surface area contributed by atoms with Gasteiger partial charge in [-0.05, 0) is 62.4 Å². The molecule has 1 aromatic rings. The molecule has 0 radical (unpaired) electrons. The maximum atomic E-state index is 12.2. The van der Waals surface area contributed by atoms with Crippen LogP contribution in [0.15, 0.2) is 28.7 Å². The zero-order valence-corrected chi connectivity index (χ0v) is 16.0. The zero-order chi connectivity index (χ0) is 16.4. The second-order valence-electron chi connectivity index (χ2n) is 6.87. The molecule has 4 nitrogen and oxygen atoms in total. The molecule has 0 amide bonds. The average molecular weight is 401 g/mol. The molecule has 1 aliphatic carbocycles. The summed E-state index contributed by atoms with van der Waals surface area (Å²) in [6.45, 7) is 3.78. The highest BCUT2D eigenvalue weighted by molar-refractivity contribution is 9.10. The van der Waals surface area contributed by atoms with Crippen LogP contribution in [-0.4, -0.2) is 49.6 Å². The van der Waals surface area contributed by atoms with Crippen molar-refractivity contribution in [2.45, 2.75) is 37.5 Å². The molecule has 6 heteroatoms. The average Bonchev–Trinajstić information content (AvgIpc) is 3.36. The first-order valence-corrected chi connectivity index (χ1v) is 10.7. The van der Waals surface area contributed by atoms with Gasteiger partial charge in [-0.25, -0.2) is 12.7 Å². The molecule has 1 aromatic carbocycles. The molecule has 2 aliphatic rings. The summed E-state index contributed by atoms with van der Waals surface area (Å²) in [5.41, 5.74) is 1.33. The summed E-state index contributed by atoms with van der Waals surface area (Å²) in [5, 5.41) is -0.0926. The van der Waals surface area contributed by atoms with Gasteiger partial charge >= 0.3 is 0 Å². The fourth-order valence-corrected chi connectivity index (χ4v) is 5.19. The van der Waals surface area contributed by atoms with Crippen LogP contribution in [0.5, 0.6) is 0 Å². The van der Waals surface area contributed by atoms with Crippen molar-refractivity contribution in [1.82, 2.24) is 9.21 Å². The minimum Gasteiger partial charge on any atom is -0.299 e. The van der Waals surface area contributed by atoms with E-state index >= 15 is 0 Å². The monoisotopic (exact) mass is 400 g/mol. The largest absolute Gasteiger partial charge is 0.299 e. The van der Waals surface area contributed by atoms with Gasteiger partial charge in [0.25, 0.3) is 0 Å². The Bertz CT molecular complexity index is 620. The molecule has 0 aromatic heterocycles. The molecule has 1 saturated carbocycles. The smallest absolute Gasteiger partial charge is 0.216 e. The van der Waals surface area contributed by atoms with Gasteiger partial charge in [0.1, 0.15) is 0 Å². The van der Waals surface area contributed by atoms with E-state index < -0.39 is 10.0 Å². The Labute approximate surface area is 148 Å². The molecule has 3 rings (SSSR count). The van der Waals surface area contributed by atoms with Gasteiger partial charge in [-0.3, -0.25) is 4.90 Å². The first kappa shape index (κ1) is 17.4. The summed E-state index contributed by atoms with van der Waals surface area (Å²) >= 11 is 3.46. The van der Waals surface area contributed by atoms with Gasteiger partial charge in [0, 0.05) is 24.6 Å². The molecule has 1 aliphatic heterocycles. The van der Waals surface area contributed by atoms with E-state index in [-0.39, 0.29) is 5.25 Å². The van der Waals surface area contributed by atoms with E-state index in [1.165, 1.54) is 5.56 Å². The third-order valence-corrected chi connectivity index (χ3v) is 7.78. The number of benzene rings is 1. The summed E-state index contributed by atoms with van der Waals surface area (Å²) in [6, 6.07) is 8.48. The van der Waals surface area contributed by atoms with Crippen molar-refractivity contribution in [2.24, 2.45) is 5.92 Å². The lowest BCUT2D eigenvalue weighted by molar-refractivity contribution is 0.166. The summed E-state index contributed by atoms with van der Waals surface area (Å²) in [4.78, 5) is 2.47. The summed E-state index contributed by atoms with van der Waals surface area (Å²) < 4.78 is 27.1. The fraction of sp³-hybridized carbons (Fsp3) is 0.647. The topological polar surface area (TPSA) is 40.6 Å². The zero-order valence-electron chi connectivity index (χ0n) is 13.6. The quantitative estimate of drug-likeness (QED) is 0.736. The van der Waals surface area contributed by atoms with Crippen molar-refractivity contribution in [3.63, 3.8) is 0 Å². The van der Waals surface area contributed by atoms with Crippen LogP contribution >= 0.6 is 15.9 Å². The van der Waals surface area contributed by atoms with Crippen molar-refractivity contribution in [1.29, 1.82) is 0 Å². The third-order valence-electron chi connectivity index (χ3n) is 4.92. The van der Waals surface area contributed by atoms with Crippen molar-refractivity contribution in [3.05, 3.63) is 34.3 Å². The van der Waals surface area contributed by atoms with E-state index in [0.717, 1.165) is 49.8 Å². The number of hydrogen-bond acceptors (Lipinski definition) is 3. The normalized spacial score (nSPS) is 21.0. The predicted octanol–water partition coefficient (Wildman–Crippen LogP) is 3.09. The lowest BCUT2D eigenvalue weighted by atomic mass is 9.96. The van der Waals surface area contributed by atoms with E-state index in [2.05, 4.69) is 45.1 Å². The number of rotatable bonds is 6. The van der Waals surface area contributed by atoms with Crippen LogP contribution in [0.4, 0.5) is 0 Å². The van der Waals surface area contributed by atoms with Crippen molar-refractivity contribution < 1.29 is 8.42 Å². The molecular formula is C17H25BrN2O2S. The van der Waals surface area contributed by atoms with Crippen LogP contribution in [0.1, 0.15) is 31.2 Å². The van der Waals surface area contributed by atoms with E-state index in [0.29, 0.717) is 12.5 Å². The Morgan fingerprint density at radius 1 is 1.13 bits per heavy atom. The number of halogens is 1. The maximum absolute atomic E-state index is 12.2. The molecule has 128 valence electrons. The van der Waals surface area contributed by atoms with Crippen LogP contribution < -0.4 is 0 Å². The summed E-state index contributed by atoms with van der Waals surface area (Å²) in [7, 11) is -1.26. The minimum atomic E-state index is -3.02. The molecule has 0 atom stereocenters. The lowest BCUT2D eigenvalue weighted by Gasteiger charge is -2.33. The van der Waals surface area contributed by atoms with E-state index in [4.69, 9.17) is 0 Å². The number of nitrogens with zero attached hydrogens (tertiary/aromatic N) is 2. The van der Waals surface area contributed by atoms with Crippen molar-refractivity contribution in [3.8, 4) is 0 Å². The Kier molecular flexibility index (Phi) is 5.46. The number of sulfonamides is 1. The first-order valence-electron chi connectivity index (χ1n) is 8.37. The molecule has 0 spiro atoms. The van der Waals surface area contributed by atoms with Crippen LogP contribution in [0.2, 0.25) is 0 Å². The predicted molar refractivity (Wildman–Crippen MR) is 96.7 cm³/mol. The van der Waals surface area contributed by atoms with Gasteiger partial charge in [-0.15, -0.1) is 0 Å². The lowest BCUT2D eigenvalue weighted by Crippen LogP contribution is -2.40. The molecular weight excluding hydrogens is 376 g/mol. The van der Waals surface area contributed by atoms with Gasteiger partial charge in [-0.2, -0.15) is 0 Å². The van der Waals surface area contributed by atoms with Gasteiger partial charge in [0.15, 0.2) is 0 Å². The molecule has 23 heavy (non-hydrogen) atoms. The minimum absolute atomic E-state index is 0.0926. The second kappa shape index (κ2) is 7.21. The van der Waals surface area contributed by atoms with E-state index in [9.17, 15) is 8.42 Å². The Balaban J connectivity index is 1.45. The molecule has 0 N–H and O–H groups in total. The first-order chi connectivity index (χ1) is 10.9. The van der Waals surface area contributed by atoms with E-state index in [1.54, 1.807) is 11.4 Å². The molecule has 0 bridgehead atoms. The summed E-state index contributed by atoms with van der Waals surface area (Å²) in [6.07, 6.45) is 3.86. The standard InChI is InChI=1S/C17H25BrN2O2S/c1-19(23(21,22)17-6-7-17)12-15-8-10-20(11-9-15)13-14-2-4-16(18)5-3-14/h2-5,15,17H,6-13H2,1H3.